The van der Waals surface area contributed by atoms with Gasteiger partial charge in [-0.1, -0.05) is 0 Å². The van der Waals surface area contributed by atoms with E-state index in [1.165, 1.54) is 10.9 Å². The van der Waals surface area contributed by atoms with Crippen molar-refractivity contribution in [1.82, 2.24) is 14.5 Å². The molecule has 1 saturated heterocycles. The Bertz CT molecular complexity index is 433. The third-order valence-corrected chi connectivity index (χ3v) is 3.42. The Morgan fingerprint density at radius 3 is 2.50 bits per heavy atom. The van der Waals surface area contributed by atoms with Crippen molar-refractivity contribution in [3.63, 3.8) is 0 Å². The standard InChI is InChI=1S/C12H19N4O2/c1-11(17)9-16(2)7-5-14(6-8-16)12(18)15-4-3-13-10-15/h3-4,10H,5-9H2,1-2H3/q+1. The largest absolute Gasteiger partial charge is 0.329 e. The molecule has 6 heteroatoms. The number of rotatable bonds is 2. The fourth-order valence-corrected chi connectivity index (χ4v) is 2.37. The molecule has 98 valence electrons. The van der Waals surface area contributed by atoms with Gasteiger partial charge in [0, 0.05) is 19.3 Å². The molecule has 0 atom stereocenters. The van der Waals surface area contributed by atoms with Crippen LogP contribution >= 0.6 is 0 Å². The molecule has 0 radical (unpaired) electrons. The summed E-state index contributed by atoms with van der Waals surface area (Å²) in [5.41, 5.74) is 0. The minimum atomic E-state index is -0.0402. The van der Waals surface area contributed by atoms with Gasteiger partial charge in [0.15, 0.2) is 5.78 Å². The highest BCUT2D eigenvalue weighted by molar-refractivity contribution is 5.77. The van der Waals surface area contributed by atoms with Crippen LogP contribution in [0.25, 0.3) is 0 Å². The van der Waals surface area contributed by atoms with Crippen molar-refractivity contribution >= 4 is 11.8 Å². The first-order chi connectivity index (χ1) is 8.50. The number of Topliss-reactive ketones (excluding diaryl/α,β-unsaturated/α-hetero) is 1. The van der Waals surface area contributed by atoms with Crippen LogP contribution in [-0.4, -0.2) is 70.5 Å². The third kappa shape index (κ3) is 2.76. The minimum Gasteiger partial charge on any atom is -0.317 e. The highest BCUT2D eigenvalue weighted by Crippen LogP contribution is 2.11. The van der Waals surface area contributed by atoms with Crippen LogP contribution in [0.1, 0.15) is 6.92 Å². The van der Waals surface area contributed by atoms with E-state index in [-0.39, 0.29) is 11.8 Å². The lowest BCUT2D eigenvalue weighted by molar-refractivity contribution is -0.905. The van der Waals surface area contributed by atoms with Crippen molar-refractivity contribution in [2.45, 2.75) is 6.92 Å². The van der Waals surface area contributed by atoms with E-state index in [0.717, 1.165) is 17.6 Å². The number of carbonyl (C=O) groups excluding carboxylic acids is 2. The topological polar surface area (TPSA) is 55.2 Å². The zero-order chi connectivity index (χ0) is 13.2. The summed E-state index contributed by atoms with van der Waals surface area (Å²) in [7, 11) is 2.07. The van der Waals surface area contributed by atoms with E-state index in [9.17, 15) is 9.59 Å². The summed E-state index contributed by atoms with van der Waals surface area (Å²) >= 11 is 0. The molecule has 0 aromatic carbocycles. The average molecular weight is 251 g/mol. The number of quaternary nitrogens is 1. The highest BCUT2D eigenvalue weighted by atomic mass is 16.2. The van der Waals surface area contributed by atoms with Crippen LogP contribution in [0.15, 0.2) is 18.7 Å². The first-order valence-electron chi connectivity index (χ1n) is 6.10. The van der Waals surface area contributed by atoms with Crippen molar-refractivity contribution in [1.29, 1.82) is 0 Å². The summed E-state index contributed by atoms with van der Waals surface area (Å²) in [4.78, 5) is 29.0. The Morgan fingerprint density at radius 1 is 1.33 bits per heavy atom. The second kappa shape index (κ2) is 4.89. The average Bonchev–Trinajstić information content (AvgIpc) is 2.81. The first-order valence-corrected chi connectivity index (χ1v) is 6.10. The number of likely N-dealkylation sites (N-methyl/N-ethyl adjacent to an activating group) is 1. The predicted molar refractivity (Wildman–Crippen MR) is 66.1 cm³/mol. The summed E-state index contributed by atoms with van der Waals surface area (Å²) in [5.74, 6) is 0.201. The summed E-state index contributed by atoms with van der Waals surface area (Å²) in [6.45, 7) is 5.17. The fourth-order valence-electron chi connectivity index (χ4n) is 2.37. The van der Waals surface area contributed by atoms with Crippen LogP contribution in [0, 0.1) is 0 Å². The van der Waals surface area contributed by atoms with Gasteiger partial charge >= 0.3 is 6.03 Å². The van der Waals surface area contributed by atoms with Gasteiger partial charge in [-0.2, -0.15) is 0 Å². The Labute approximate surface area is 106 Å². The van der Waals surface area contributed by atoms with Crippen molar-refractivity contribution in [2.75, 3.05) is 39.8 Å². The van der Waals surface area contributed by atoms with Crippen LogP contribution in [0.5, 0.6) is 0 Å². The molecule has 6 nitrogen and oxygen atoms in total. The summed E-state index contributed by atoms with van der Waals surface area (Å²) in [5, 5.41) is 0. The lowest BCUT2D eigenvalue weighted by Gasteiger charge is -2.41. The molecule has 0 spiro atoms. The SMILES string of the molecule is CC(=O)C[N+]1(C)CCN(C(=O)n2ccnc2)CC1. The molecule has 1 aromatic rings. The number of piperazine rings is 1. The summed E-state index contributed by atoms with van der Waals surface area (Å²) in [6, 6.07) is -0.0402. The molecule has 0 unspecified atom stereocenters. The van der Waals surface area contributed by atoms with Crippen LogP contribution in [0.4, 0.5) is 4.79 Å². The molecule has 2 rings (SSSR count). The van der Waals surface area contributed by atoms with E-state index in [1.54, 1.807) is 19.3 Å². The number of imidazole rings is 1. The van der Waals surface area contributed by atoms with Gasteiger partial charge in [-0.05, 0) is 0 Å². The molecular formula is C12H19N4O2+. The van der Waals surface area contributed by atoms with Gasteiger partial charge in [-0.15, -0.1) is 0 Å². The van der Waals surface area contributed by atoms with Gasteiger partial charge in [0.05, 0.1) is 33.2 Å². The summed E-state index contributed by atoms with van der Waals surface area (Å²) in [6.07, 6.45) is 4.76. The van der Waals surface area contributed by atoms with E-state index in [1.807, 2.05) is 4.90 Å². The lowest BCUT2D eigenvalue weighted by Crippen LogP contribution is -2.60. The molecule has 0 saturated carbocycles. The molecule has 1 aliphatic rings. The Hall–Kier alpha value is -1.69. The molecule has 18 heavy (non-hydrogen) atoms. The van der Waals surface area contributed by atoms with E-state index < -0.39 is 0 Å². The molecule has 1 aromatic heterocycles. The molecule has 1 amide bonds. The van der Waals surface area contributed by atoms with Crippen molar-refractivity contribution in [3.05, 3.63) is 18.7 Å². The smallest absolute Gasteiger partial charge is 0.317 e. The number of ketones is 1. The predicted octanol–water partition coefficient (Wildman–Crippen LogP) is 0.202. The molecule has 2 heterocycles. The number of hydrogen-bond acceptors (Lipinski definition) is 3. The number of nitrogens with zero attached hydrogens (tertiary/aromatic N) is 4. The zero-order valence-corrected chi connectivity index (χ0v) is 10.9. The van der Waals surface area contributed by atoms with Crippen LogP contribution in [-0.2, 0) is 4.79 Å². The van der Waals surface area contributed by atoms with Crippen molar-refractivity contribution in [3.8, 4) is 0 Å². The quantitative estimate of drug-likeness (QED) is 0.706. The highest BCUT2D eigenvalue weighted by Gasteiger charge is 2.32. The number of amides is 1. The fraction of sp³-hybridized carbons (Fsp3) is 0.583. The van der Waals surface area contributed by atoms with E-state index in [0.29, 0.717) is 19.6 Å². The van der Waals surface area contributed by atoms with Gasteiger partial charge in [0.25, 0.3) is 0 Å². The monoisotopic (exact) mass is 251 g/mol. The molecular weight excluding hydrogens is 232 g/mol. The van der Waals surface area contributed by atoms with E-state index >= 15 is 0 Å². The molecule has 0 N–H and O–H groups in total. The van der Waals surface area contributed by atoms with Crippen molar-refractivity contribution < 1.29 is 14.1 Å². The van der Waals surface area contributed by atoms with Crippen LogP contribution in [0.2, 0.25) is 0 Å². The molecule has 0 bridgehead atoms. The van der Waals surface area contributed by atoms with E-state index in [2.05, 4.69) is 12.0 Å². The molecule has 1 fully saturated rings. The maximum absolute atomic E-state index is 12.1. The van der Waals surface area contributed by atoms with Crippen LogP contribution < -0.4 is 0 Å². The molecule has 1 aliphatic heterocycles. The van der Waals surface area contributed by atoms with Gasteiger partial charge in [0.2, 0.25) is 0 Å². The number of hydrogen-bond donors (Lipinski definition) is 0. The lowest BCUT2D eigenvalue weighted by atomic mass is 10.2. The van der Waals surface area contributed by atoms with Crippen molar-refractivity contribution in [2.24, 2.45) is 0 Å². The second-order valence-electron chi connectivity index (χ2n) is 5.17. The third-order valence-electron chi connectivity index (χ3n) is 3.42. The minimum absolute atomic E-state index is 0.0402. The Morgan fingerprint density at radius 2 is 2.00 bits per heavy atom. The Kier molecular flexibility index (Phi) is 3.47. The zero-order valence-electron chi connectivity index (χ0n) is 10.9. The maximum atomic E-state index is 12.1. The van der Waals surface area contributed by atoms with Gasteiger partial charge in [-0.25, -0.2) is 9.78 Å². The van der Waals surface area contributed by atoms with Crippen LogP contribution in [0.3, 0.4) is 0 Å². The number of carbonyl (C=O) groups is 2. The second-order valence-corrected chi connectivity index (χ2v) is 5.17. The molecule has 0 aliphatic carbocycles. The normalized spacial score (nSPS) is 18.7. The first kappa shape index (κ1) is 12.8. The maximum Gasteiger partial charge on any atom is 0.329 e. The van der Waals surface area contributed by atoms with Gasteiger partial charge in [0.1, 0.15) is 12.9 Å². The van der Waals surface area contributed by atoms with Gasteiger partial charge < -0.3 is 9.38 Å². The van der Waals surface area contributed by atoms with E-state index in [4.69, 9.17) is 0 Å². The summed E-state index contributed by atoms with van der Waals surface area (Å²) < 4.78 is 2.21. The number of aromatic nitrogens is 2. The van der Waals surface area contributed by atoms with Gasteiger partial charge in [-0.3, -0.25) is 9.36 Å². The Balaban J connectivity index is 1.94.